The maximum atomic E-state index is 13.9. The molecule has 0 aromatic heterocycles. The number of nitrogens with one attached hydrogen (secondary N) is 1. The lowest BCUT2D eigenvalue weighted by molar-refractivity contribution is -0.141. The second-order valence-electron chi connectivity index (χ2n) is 9.62. The van der Waals surface area contributed by atoms with Crippen LogP contribution in [0.1, 0.15) is 48.8 Å². The normalized spacial score (nSPS) is 14.7. The predicted octanol–water partition coefficient (Wildman–Crippen LogP) is 7.28. The number of amides is 2. The maximum absolute atomic E-state index is 13.9. The van der Waals surface area contributed by atoms with Gasteiger partial charge in [0.1, 0.15) is 6.04 Å². The van der Waals surface area contributed by atoms with Gasteiger partial charge in [-0.25, -0.2) is 0 Å². The van der Waals surface area contributed by atoms with Crippen LogP contribution in [0, 0.1) is 0 Å². The first-order valence-electron chi connectivity index (χ1n) is 12.7. The van der Waals surface area contributed by atoms with Crippen LogP contribution < -0.4 is 5.32 Å². The van der Waals surface area contributed by atoms with Gasteiger partial charge in [-0.1, -0.05) is 103 Å². The Morgan fingerprint density at radius 1 is 0.811 bits per heavy atom. The molecule has 2 amide bonds. The van der Waals surface area contributed by atoms with Gasteiger partial charge in [0, 0.05) is 24.0 Å². The molecule has 0 saturated heterocycles. The lowest BCUT2D eigenvalue weighted by Gasteiger charge is -2.33. The molecule has 1 fully saturated rings. The third-order valence-corrected chi connectivity index (χ3v) is 7.82. The van der Waals surface area contributed by atoms with Crippen LogP contribution in [0.4, 0.5) is 0 Å². The fraction of sp³-hybridized carbons (Fsp3) is 0.333. The van der Waals surface area contributed by atoms with Crippen LogP contribution >= 0.6 is 34.8 Å². The average Bonchev–Trinajstić information content (AvgIpc) is 2.90. The number of hydrogen-bond donors (Lipinski definition) is 1. The molecule has 194 valence electrons. The number of nitrogens with zero attached hydrogens (tertiary/aromatic N) is 1. The minimum absolute atomic E-state index is 0.104. The maximum Gasteiger partial charge on any atom is 0.243 e. The molecule has 1 atom stereocenters. The Labute approximate surface area is 233 Å². The van der Waals surface area contributed by atoms with Crippen molar-refractivity contribution in [2.75, 3.05) is 0 Å². The molecule has 1 unspecified atom stereocenters. The van der Waals surface area contributed by atoms with Gasteiger partial charge in [0.05, 0.1) is 16.5 Å². The molecule has 4 rings (SSSR count). The first kappa shape index (κ1) is 27.5. The highest BCUT2D eigenvalue weighted by Gasteiger charge is 2.32. The molecule has 3 aromatic carbocycles. The summed E-state index contributed by atoms with van der Waals surface area (Å²) in [4.78, 5) is 29.3. The highest BCUT2D eigenvalue weighted by molar-refractivity contribution is 6.42. The Balaban J connectivity index is 1.65. The standard InChI is InChI=1S/C30H31Cl3N2O2/c31-24-14-11-22(12-15-24)20-35(29(36)19-23-13-16-26(32)27(33)17-23)28(18-21-7-3-1-4-8-21)30(37)34-25-9-5-2-6-10-25/h1,3-4,7-8,11-17,25,28H,2,5-6,9-10,18-20H2,(H,34,37). The summed E-state index contributed by atoms with van der Waals surface area (Å²) in [7, 11) is 0. The predicted molar refractivity (Wildman–Crippen MR) is 151 cm³/mol. The molecule has 0 bridgehead atoms. The topological polar surface area (TPSA) is 49.4 Å². The van der Waals surface area contributed by atoms with Gasteiger partial charge in [-0.15, -0.1) is 0 Å². The zero-order valence-electron chi connectivity index (χ0n) is 20.6. The largest absolute Gasteiger partial charge is 0.352 e. The van der Waals surface area contributed by atoms with Gasteiger partial charge in [0.2, 0.25) is 11.8 Å². The Hall–Kier alpha value is -2.53. The Morgan fingerprint density at radius 2 is 1.49 bits per heavy atom. The van der Waals surface area contributed by atoms with E-state index in [1.165, 1.54) is 6.42 Å². The highest BCUT2D eigenvalue weighted by atomic mass is 35.5. The molecule has 3 aromatic rings. The molecule has 7 heteroatoms. The third-order valence-electron chi connectivity index (χ3n) is 6.83. The minimum Gasteiger partial charge on any atom is -0.352 e. The molecule has 1 N–H and O–H groups in total. The van der Waals surface area contributed by atoms with Crippen molar-refractivity contribution in [3.8, 4) is 0 Å². The van der Waals surface area contributed by atoms with E-state index in [0.717, 1.165) is 42.4 Å². The number of carbonyl (C=O) groups excluding carboxylic acids is 2. The quantitative estimate of drug-likeness (QED) is 0.301. The zero-order valence-corrected chi connectivity index (χ0v) is 22.9. The Morgan fingerprint density at radius 3 is 2.16 bits per heavy atom. The van der Waals surface area contributed by atoms with Crippen molar-refractivity contribution in [3.05, 3.63) is 105 Å². The summed E-state index contributed by atoms with van der Waals surface area (Å²) < 4.78 is 0. The molecule has 0 heterocycles. The van der Waals surface area contributed by atoms with Crippen molar-refractivity contribution in [3.63, 3.8) is 0 Å². The van der Waals surface area contributed by atoms with E-state index in [9.17, 15) is 9.59 Å². The molecule has 0 spiro atoms. The smallest absolute Gasteiger partial charge is 0.243 e. The zero-order chi connectivity index (χ0) is 26.2. The fourth-order valence-electron chi connectivity index (χ4n) is 4.81. The van der Waals surface area contributed by atoms with Crippen molar-refractivity contribution in [2.24, 2.45) is 0 Å². The third kappa shape index (κ3) is 7.98. The highest BCUT2D eigenvalue weighted by Crippen LogP contribution is 2.25. The molecule has 0 aliphatic heterocycles. The number of benzene rings is 3. The summed E-state index contributed by atoms with van der Waals surface area (Å²) in [6.07, 6.45) is 5.88. The molecular formula is C30H31Cl3N2O2. The van der Waals surface area contributed by atoms with E-state index >= 15 is 0 Å². The fourth-order valence-corrected chi connectivity index (χ4v) is 5.26. The van der Waals surface area contributed by atoms with Crippen LogP contribution in [0.3, 0.4) is 0 Å². The first-order chi connectivity index (χ1) is 17.9. The lowest BCUT2D eigenvalue weighted by atomic mass is 9.94. The molecular weight excluding hydrogens is 527 g/mol. The molecule has 0 radical (unpaired) electrons. The van der Waals surface area contributed by atoms with Crippen LogP contribution in [0.15, 0.2) is 72.8 Å². The van der Waals surface area contributed by atoms with Crippen LogP contribution in [-0.4, -0.2) is 28.8 Å². The second-order valence-corrected chi connectivity index (χ2v) is 10.9. The average molecular weight is 558 g/mol. The van der Waals surface area contributed by atoms with E-state index in [1.807, 2.05) is 42.5 Å². The van der Waals surface area contributed by atoms with E-state index in [4.69, 9.17) is 34.8 Å². The van der Waals surface area contributed by atoms with E-state index < -0.39 is 6.04 Å². The summed E-state index contributed by atoms with van der Waals surface area (Å²) in [5.41, 5.74) is 2.64. The monoisotopic (exact) mass is 556 g/mol. The van der Waals surface area contributed by atoms with Gasteiger partial charge in [0.15, 0.2) is 0 Å². The number of rotatable bonds is 9. The SMILES string of the molecule is O=C(NC1CCCCC1)C(Cc1ccccc1)N(Cc1ccc(Cl)cc1)C(=O)Cc1ccc(Cl)c(Cl)c1. The summed E-state index contributed by atoms with van der Waals surface area (Å²) in [6.45, 7) is 0.285. The van der Waals surface area contributed by atoms with Crippen LogP contribution in [0.5, 0.6) is 0 Å². The first-order valence-corrected chi connectivity index (χ1v) is 13.8. The minimum atomic E-state index is -0.671. The number of hydrogen-bond acceptors (Lipinski definition) is 2. The van der Waals surface area contributed by atoms with E-state index in [0.29, 0.717) is 21.5 Å². The van der Waals surface area contributed by atoms with Crippen molar-refractivity contribution in [2.45, 2.75) is 63.6 Å². The van der Waals surface area contributed by atoms with Crippen molar-refractivity contribution in [1.82, 2.24) is 10.2 Å². The van der Waals surface area contributed by atoms with Gasteiger partial charge in [0.25, 0.3) is 0 Å². The molecule has 37 heavy (non-hydrogen) atoms. The van der Waals surface area contributed by atoms with E-state index in [2.05, 4.69) is 5.32 Å². The Kier molecular flexibility index (Phi) is 9.90. The van der Waals surface area contributed by atoms with Gasteiger partial charge < -0.3 is 10.2 Å². The van der Waals surface area contributed by atoms with E-state index in [-0.39, 0.29) is 30.8 Å². The summed E-state index contributed by atoms with van der Waals surface area (Å²) in [6, 6.07) is 21.9. The Bertz CT molecular complexity index is 1200. The second kappa shape index (κ2) is 13.3. The van der Waals surface area contributed by atoms with Gasteiger partial charge in [-0.2, -0.15) is 0 Å². The lowest BCUT2D eigenvalue weighted by Crippen LogP contribution is -2.53. The molecule has 1 aliphatic carbocycles. The van der Waals surface area contributed by atoms with Crippen LogP contribution in [0.2, 0.25) is 15.1 Å². The van der Waals surface area contributed by atoms with Gasteiger partial charge in [-0.3, -0.25) is 9.59 Å². The van der Waals surface area contributed by atoms with Gasteiger partial charge >= 0.3 is 0 Å². The summed E-state index contributed by atoms with van der Waals surface area (Å²) in [5, 5.41) is 4.71. The van der Waals surface area contributed by atoms with Crippen LogP contribution in [0.25, 0.3) is 0 Å². The number of halogens is 3. The van der Waals surface area contributed by atoms with Crippen molar-refractivity contribution < 1.29 is 9.59 Å². The van der Waals surface area contributed by atoms with Crippen molar-refractivity contribution in [1.29, 1.82) is 0 Å². The van der Waals surface area contributed by atoms with E-state index in [1.54, 1.807) is 35.2 Å². The van der Waals surface area contributed by atoms with Crippen LogP contribution in [-0.2, 0) is 29.0 Å². The summed E-state index contributed by atoms with van der Waals surface area (Å²) >= 11 is 18.4. The van der Waals surface area contributed by atoms with Gasteiger partial charge in [-0.05, 0) is 53.8 Å². The van der Waals surface area contributed by atoms with Crippen molar-refractivity contribution >= 4 is 46.6 Å². The molecule has 1 saturated carbocycles. The summed E-state index contributed by atoms with van der Waals surface area (Å²) in [5.74, 6) is -0.278. The molecule has 1 aliphatic rings. The number of carbonyl (C=O) groups is 2. The molecule has 4 nitrogen and oxygen atoms in total.